The number of carbonyl (C=O) groups is 2. The molecule has 2 unspecified atom stereocenters. The summed E-state index contributed by atoms with van der Waals surface area (Å²) in [4.78, 5) is 25.4. The first kappa shape index (κ1) is 22.3. The molecule has 5 nitrogen and oxygen atoms in total. The zero-order valence-corrected chi connectivity index (χ0v) is 18.3. The maximum absolute atomic E-state index is 12.5. The van der Waals surface area contributed by atoms with Gasteiger partial charge in [0.2, 0.25) is 5.91 Å². The molecule has 0 bridgehead atoms. The number of likely N-dealkylation sites (tertiary alicyclic amines) is 1. The van der Waals surface area contributed by atoms with Crippen LogP contribution in [0.3, 0.4) is 0 Å². The van der Waals surface area contributed by atoms with Crippen molar-refractivity contribution < 1.29 is 19.8 Å². The van der Waals surface area contributed by atoms with Crippen molar-refractivity contribution in [1.29, 1.82) is 0 Å². The van der Waals surface area contributed by atoms with Gasteiger partial charge < -0.3 is 15.1 Å². The minimum Gasteiger partial charge on any atom is -0.478 e. The molecule has 1 amide bonds. The zero-order valence-electron chi connectivity index (χ0n) is 18.3. The average Bonchev–Trinajstić information content (AvgIpc) is 3.45. The Kier molecular flexibility index (Phi) is 6.75. The van der Waals surface area contributed by atoms with Crippen molar-refractivity contribution in [3.8, 4) is 0 Å². The standard InChI is InChI=1S/C27H31NO4/c29-24(27(17-4-5-18-27)22-6-2-1-3-7-22)14-12-23-13-15-25(30)28(23)19-16-20-8-10-21(11-9-20)26(31)32/h1-3,6-12,14,23-24,29H,4-5,13,15-19H2,(H,31,32). The number of aliphatic hydroxyl groups excluding tert-OH is 1. The van der Waals surface area contributed by atoms with E-state index in [1.165, 1.54) is 5.56 Å². The van der Waals surface area contributed by atoms with E-state index in [0.29, 0.717) is 19.4 Å². The maximum Gasteiger partial charge on any atom is 0.335 e. The molecule has 1 aliphatic carbocycles. The summed E-state index contributed by atoms with van der Waals surface area (Å²) in [6, 6.07) is 17.1. The second-order valence-corrected chi connectivity index (χ2v) is 9.00. The first-order chi connectivity index (χ1) is 15.5. The van der Waals surface area contributed by atoms with Crippen LogP contribution in [0.25, 0.3) is 0 Å². The van der Waals surface area contributed by atoms with E-state index in [2.05, 4.69) is 12.1 Å². The fourth-order valence-corrected chi connectivity index (χ4v) is 5.26. The van der Waals surface area contributed by atoms with Gasteiger partial charge in [-0.15, -0.1) is 0 Å². The Morgan fingerprint density at radius 2 is 1.78 bits per heavy atom. The highest BCUT2D eigenvalue weighted by Gasteiger charge is 2.41. The van der Waals surface area contributed by atoms with Crippen LogP contribution >= 0.6 is 0 Å². The summed E-state index contributed by atoms with van der Waals surface area (Å²) in [5, 5.41) is 20.2. The van der Waals surface area contributed by atoms with Gasteiger partial charge in [-0.05, 0) is 48.9 Å². The van der Waals surface area contributed by atoms with E-state index in [1.807, 2.05) is 47.4 Å². The second-order valence-electron chi connectivity index (χ2n) is 9.00. The van der Waals surface area contributed by atoms with Gasteiger partial charge in [-0.1, -0.05) is 67.5 Å². The molecule has 0 radical (unpaired) electrons. The molecule has 2 aromatic rings. The Balaban J connectivity index is 1.43. The number of amides is 1. The van der Waals surface area contributed by atoms with Gasteiger partial charge in [0.25, 0.3) is 0 Å². The summed E-state index contributed by atoms with van der Waals surface area (Å²) in [5.41, 5.74) is 2.22. The first-order valence-electron chi connectivity index (χ1n) is 11.5. The number of rotatable bonds is 8. The molecule has 4 rings (SSSR count). The third-order valence-electron chi connectivity index (χ3n) is 7.14. The SMILES string of the molecule is O=C(O)c1ccc(CCN2C(=O)CCC2C=CC(O)C2(c3ccccc3)CCCC2)cc1. The molecule has 168 valence electrons. The van der Waals surface area contributed by atoms with E-state index in [9.17, 15) is 14.7 Å². The third kappa shape index (κ3) is 4.63. The Hall–Kier alpha value is -2.92. The molecule has 32 heavy (non-hydrogen) atoms. The van der Waals surface area contributed by atoms with Crippen LogP contribution in [0.5, 0.6) is 0 Å². The van der Waals surface area contributed by atoms with Crippen LogP contribution in [0.4, 0.5) is 0 Å². The quantitative estimate of drug-likeness (QED) is 0.607. The lowest BCUT2D eigenvalue weighted by atomic mass is 9.74. The summed E-state index contributed by atoms with van der Waals surface area (Å²) < 4.78 is 0. The van der Waals surface area contributed by atoms with Gasteiger partial charge in [0, 0.05) is 18.4 Å². The predicted molar refractivity (Wildman–Crippen MR) is 124 cm³/mol. The van der Waals surface area contributed by atoms with E-state index in [-0.39, 0.29) is 22.9 Å². The van der Waals surface area contributed by atoms with E-state index in [4.69, 9.17) is 5.11 Å². The smallest absolute Gasteiger partial charge is 0.335 e. The number of carbonyl (C=O) groups excluding carboxylic acids is 1. The van der Waals surface area contributed by atoms with Gasteiger partial charge in [0.15, 0.2) is 0 Å². The van der Waals surface area contributed by atoms with Gasteiger partial charge in [0.1, 0.15) is 0 Å². The fraction of sp³-hybridized carbons (Fsp3) is 0.407. The van der Waals surface area contributed by atoms with Crippen LogP contribution in [-0.4, -0.2) is 45.7 Å². The highest BCUT2D eigenvalue weighted by Crippen LogP contribution is 2.44. The lowest BCUT2D eigenvalue weighted by Gasteiger charge is -2.34. The number of carboxylic acids is 1. The van der Waals surface area contributed by atoms with Crippen LogP contribution in [0.1, 0.15) is 60.0 Å². The van der Waals surface area contributed by atoms with Crippen LogP contribution in [0.2, 0.25) is 0 Å². The van der Waals surface area contributed by atoms with E-state index in [1.54, 1.807) is 12.1 Å². The predicted octanol–water partition coefficient (Wildman–Crippen LogP) is 4.35. The number of nitrogens with zero attached hydrogens (tertiary/aromatic N) is 1. The summed E-state index contributed by atoms with van der Waals surface area (Å²) in [7, 11) is 0. The Morgan fingerprint density at radius 3 is 2.44 bits per heavy atom. The maximum atomic E-state index is 12.5. The number of aliphatic hydroxyl groups is 1. The van der Waals surface area contributed by atoms with Crippen molar-refractivity contribution in [2.75, 3.05) is 6.54 Å². The largest absolute Gasteiger partial charge is 0.478 e. The van der Waals surface area contributed by atoms with Gasteiger partial charge in [-0.3, -0.25) is 4.79 Å². The second kappa shape index (κ2) is 9.70. The van der Waals surface area contributed by atoms with Crippen molar-refractivity contribution in [3.05, 3.63) is 83.4 Å². The van der Waals surface area contributed by atoms with Crippen LogP contribution < -0.4 is 0 Å². The summed E-state index contributed by atoms with van der Waals surface area (Å²) >= 11 is 0. The van der Waals surface area contributed by atoms with E-state index >= 15 is 0 Å². The molecule has 1 saturated carbocycles. The van der Waals surface area contributed by atoms with E-state index in [0.717, 1.165) is 37.7 Å². The number of aromatic carboxylic acids is 1. The molecular weight excluding hydrogens is 402 g/mol. The summed E-state index contributed by atoms with van der Waals surface area (Å²) in [6.45, 7) is 0.584. The van der Waals surface area contributed by atoms with Gasteiger partial charge in [-0.2, -0.15) is 0 Å². The summed E-state index contributed by atoms with van der Waals surface area (Å²) in [6.07, 6.45) is 9.50. The Morgan fingerprint density at radius 1 is 1.09 bits per heavy atom. The molecule has 5 heteroatoms. The normalized spacial score (nSPS) is 21.3. The fourth-order valence-electron chi connectivity index (χ4n) is 5.26. The number of carboxylic acid groups (broad SMARTS) is 1. The molecule has 0 spiro atoms. The molecule has 2 fully saturated rings. The van der Waals surface area contributed by atoms with Gasteiger partial charge >= 0.3 is 5.97 Å². The molecule has 1 saturated heterocycles. The molecule has 0 aromatic heterocycles. The topological polar surface area (TPSA) is 77.8 Å². The highest BCUT2D eigenvalue weighted by molar-refractivity contribution is 5.87. The molecular formula is C27H31NO4. The van der Waals surface area contributed by atoms with Gasteiger partial charge in [0.05, 0.1) is 17.7 Å². The van der Waals surface area contributed by atoms with Crippen molar-refractivity contribution in [2.45, 2.75) is 62.5 Å². The molecule has 2 aromatic carbocycles. The molecule has 1 aliphatic heterocycles. The third-order valence-corrected chi connectivity index (χ3v) is 7.14. The average molecular weight is 434 g/mol. The zero-order chi connectivity index (χ0) is 22.6. The Labute approximate surface area is 189 Å². The lowest BCUT2D eigenvalue weighted by Crippen LogP contribution is -2.37. The molecule has 2 N–H and O–H groups in total. The van der Waals surface area contributed by atoms with Crippen LogP contribution in [0, 0.1) is 0 Å². The molecule has 2 atom stereocenters. The minimum atomic E-state index is -0.939. The first-order valence-corrected chi connectivity index (χ1v) is 11.5. The van der Waals surface area contributed by atoms with Crippen molar-refractivity contribution in [2.24, 2.45) is 0 Å². The van der Waals surface area contributed by atoms with Gasteiger partial charge in [-0.25, -0.2) is 4.79 Å². The lowest BCUT2D eigenvalue weighted by molar-refractivity contribution is -0.128. The number of hydrogen-bond donors (Lipinski definition) is 2. The minimum absolute atomic E-state index is 0.00957. The van der Waals surface area contributed by atoms with E-state index < -0.39 is 12.1 Å². The van der Waals surface area contributed by atoms with Crippen molar-refractivity contribution >= 4 is 11.9 Å². The monoisotopic (exact) mass is 433 g/mol. The Bertz CT molecular complexity index is 961. The molecule has 2 aliphatic rings. The van der Waals surface area contributed by atoms with Crippen LogP contribution in [-0.2, 0) is 16.6 Å². The van der Waals surface area contributed by atoms with Crippen molar-refractivity contribution in [3.63, 3.8) is 0 Å². The number of benzene rings is 2. The van der Waals surface area contributed by atoms with Crippen LogP contribution in [0.15, 0.2) is 66.7 Å². The van der Waals surface area contributed by atoms with Crippen molar-refractivity contribution in [1.82, 2.24) is 4.90 Å². The summed E-state index contributed by atoms with van der Waals surface area (Å²) in [5.74, 6) is -0.805. The number of hydrogen-bond acceptors (Lipinski definition) is 3. The molecule has 1 heterocycles. The highest BCUT2D eigenvalue weighted by atomic mass is 16.4.